The molecule has 0 bridgehead atoms. The number of anilines is 1. The van der Waals surface area contributed by atoms with Crippen LogP contribution < -0.4 is 5.32 Å². The van der Waals surface area contributed by atoms with Gasteiger partial charge in [-0.3, -0.25) is 19.8 Å². The molecular formula is C21H27ClN4O5S. The molecule has 11 heteroatoms. The summed E-state index contributed by atoms with van der Waals surface area (Å²) in [5, 5.41) is 14.1. The third kappa shape index (κ3) is 6.26. The molecule has 0 aliphatic rings. The van der Waals surface area contributed by atoms with Gasteiger partial charge in [-0.05, 0) is 43.3 Å². The average Bonchev–Trinajstić information content (AvgIpc) is 2.71. The Morgan fingerprint density at radius 1 is 1.16 bits per heavy atom. The van der Waals surface area contributed by atoms with Gasteiger partial charge in [-0.25, -0.2) is 8.42 Å². The fourth-order valence-electron chi connectivity index (χ4n) is 3.25. The Morgan fingerprint density at radius 3 is 2.41 bits per heavy atom. The summed E-state index contributed by atoms with van der Waals surface area (Å²) in [6.07, 6.45) is 0. The summed E-state index contributed by atoms with van der Waals surface area (Å²) in [4.78, 5) is 24.8. The van der Waals surface area contributed by atoms with Gasteiger partial charge in [0.15, 0.2) is 0 Å². The Bertz CT molecular complexity index is 1100. The molecule has 9 nitrogen and oxygen atoms in total. The largest absolute Gasteiger partial charge is 0.325 e. The summed E-state index contributed by atoms with van der Waals surface area (Å²) >= 11 is 6.12. The van der Waals surface area contributed by atoms with E-state index in [-0.39, 0.29) is 29.6 Å². The van der Waals surface area contributed by atoms with E-state index in [1.54, 1.807) is 44.9 Å². The van der Waals surface area contributed by atoms with Gasteiger partial charge in [0.25, 0.3) is 5.69 Å². The van der Waals surface area contributed by atoms with Crippen molar-refractivity contribution < 1.29 is 18.1 Å². The lowest BCUT2D eigenvalue weighted by Crippen LogP contribution is -2.31. The van der Waals surface area contributed by atoms with E-state index in [9.17, 15) is 23.3 Å². The fourth-order valence-corrected chi connectivity index (χ4v) is 5.13. The number of carbonyl (C=O) groups is 1. The molecule has 0 unspecified atom stereocenters. The fraction of sp³-hybridized carbons (Fsp3) is 0.381. The Kier molecular flexibility index (Phi) is 8.73. The first-order valence-corrected chi connectivity index (χ1v) is 11.8. The van der Waals surface area contributed by atoms with Gasteiger partial charge in [0.1, 0.15) is 0 Å². The van der Waals surface area contributed by atoms with Crippen LogP contribution in [0.5, 0.6) is 0 Å². The van der Waals surface area contributed by atoms with Gasteiger partial charge >= 0.3 is 0 Å². The van der Waals surface area contributed by atoms with Gasteiger partial charge in [0.05, 0.1) is 16.4 Å². The Morgan fingerprint density at radius 2 is 1.81 bits per heavy atom. The molecule has 0 aliphatic carbocycles. The third-order valence-corrected chi connectivity index (χ3v) is 7.45. The number of likely N-dealkylation sites (N-methyl/N-ethyl adjacent to an activating group) is 1. The number of hydrogen-bond acceptors (Lipinski definition) is 6. The number of nitro groups is 1. The van der Waals surface area contributed by atoms with Crippen molar-refractivity contribution in [2.75, 3.05) is 32.0 Å². The molecule has 0 radical (unpaired) electrons. The normalized spacial score (nSPS) is 11.7. The van der Waals surface area contributed by atoms with Gasteiger partial charge in [0.2, 0.25) is 15.9 Å². The van der Waals surface area contributed by atoms with Crippen molar-refractivity contribution >= 4 is 38.9 Å². The first-order chi connectivity index (χ1) is 15.0. The predicted octanol–water partition coefficient (Wildman–Crippen LogP) is 3.66. The standard InChI is InChI=1S/C21H27ClN4O5S/c1-5-25(6-2)32(30,31)20-12-17(8-7-15(20)3)23-21(27)14-24(4)13-16-11-18(26(28)29)9-10-19(16)22/h7-12H,5-6,13-14H2,1-4H3,(H,23,27). The van der Waals surface area contributed by atoms with Crippen molar-refractivity contribution in [3.05, 3.63) is 62.7 Å². The topological polar surface area (TPSA) is 113 Å². The summed E-state index contributed by atoms with van der Waals surface area (Å²) in [5.41, 5.74) is 1.41. The van der Waals surface area contributed by atoms with Crippen LogP contribution in [0, 0.1) is 17.0 Å². The number of sulfonamides is 1. The molecule has 0 saturated heterocycles. The molecule has 2 aromatic carbocycles. The van der Waals surface area contributed by atoms with Gasteiger partial charge in [-0.15, -0.1) is 0 Å². The highest BCUT2D eigenvalue weighted by atomic mass is 35.5. The van der Waals surface area contributed by atoms with E-state index >= 15 is 0 Å². The van der Waals surface area contributed by atoms with Crippen LogP contribution in [0.2, 0.25) is 5.02 Å². The van der Waals surface area contributed by atoms with Gasteiger partial charge in [-0.1, -0.05) is 31.5 Å². The van der Waals surface area contributed by atoms with Crippen LogP contribution in [0.25, 0.3) is 0 Å². The maximum Gasteiger partial charge on any atom is 0.269 e. The van der Waals surface area contributed by atoms with Crippen LogP contribution in [0.1, 0.15) is 25.0 Å². The SMILES string of the molecule is CCN(CC)S(=O)(=O)c1cc(NC(=O)CN(C)Cc2cc([N+](=O)[O-])ccc2Cl)ccc1C. The zero-order chi connectivity index (χ0) is 24.1. The Labute approximate surface area is 193 Å². The number of carbonyl (C=O) groups excluding carboxylic acids is 1. The van der Waals surface area contributed by atoms with Crippen molar-refractivity contribution in [2.45, 2.75) is 32.2 Å². The summed E-state index contributed by atoms with van der Waals surface area (Å²) in [5.74, 6) is -0.357. The second-order valence-electron chi connectivity index (χ2n) is 7.32. The molecule has 1 N–H and O–H groups in total. The first-order valence-electron chi connectivity index (χ1n) is 10.0. The lowest BCUT2D eigenvalue weighted by molar-refractivity contribution is -0.384. The molecule has 0 saturated carbocycles. The molecule has 1 amide bonds. The summed E-state index contributed by atoms with van der Waals surface area (Å²) in [7, 11) is -1.99. The number of aryl methyl sites for hydroxylation is 1. The van der Waals surface area contributed by atoms with E-state index in [0.29, 0.717) is 34.9 Å². The lowest BCUT2D eigenvalue weighted by atomic mass is 10.2. The molecule has 2 aromatic rings. The molecule has 0 aromatic heterocycles. The van der Waals surface area contributed by atoms with Crippen LogP contribution in [-0.2, 0) is 21.4 Å². The predicted molar refractivity (Wildman–Crippen MR) is 124 cm³/mol. The van der Waals surface area contributed by atoms with E-state index in [1.165, 1.54) is 28.6 Å². The van der Waals surface area contributed by atoms with Crippen LogP contribution in [0.4, 0.5) is 11.4 Å². The number of nitro benzene ring substituents is 1. The molecule has 0 aliphatic heterocycles. The van der Waals surface area contributed by atoms with E-state index in [0.717, 1.165) is 0 Å². The van der Waals surface area contributed by atoms with E-state index in [4.69, 9.17) is 11.6 Å². The van der Waals surface area contributed by atoms with Crippen LogP contribution >= 0.6 is 11.6 Å². The van der Waals surface area contributed by atoms with Crippen molar-refractivity contribution in [3.63, 3.8) is 0 Å². The molecule has 0 atom stereocenters. The highest BCUT2D eigenvalue weighted by molar-refractivity contribution is 7.89. The molecule has 0 heterocycles. The average molecular weight is 483 g/mol. The number of halogens is 1. The van der Waals surface area contributed by atoms with Crippen molar-refractivity contribution in [3.8, 4) is 0 Å². The molecular weight excluding hydrogens is 456 g/mol. The lowest BCUT2D eigenvalue weighted by Gasteiger charge is -2.21. The molecule has 2 rings (SSSR count). The minimum absolute atomic E-state index is 0.0228. The summed E-state index contributed by atoms with van der Waals surface area (Å²) in [6.45, 7) is 6.14. The van der Waals surface area contributed by atoms with E-state index in [1.807, 2.05) is 0 Å². The second kappa shape index (κ2) is 10.9. The first kappa shape index (κ1) is 25.7. The highest BCUT2D eigenvalue weighted by Gasteiger charge is 2.24. The highest BCUT2D eigenvalue weighted by Crippen LogP contribution is 2.25. The van der Waals surface area contributed by atoms with Crippen LogP contribution in [0.15, 0.2) is 41.3 Å². The second-order valence-corrected chi connectivity index (χ2v) is 9.64. The third-order valence-electron chi connectivity index (χ3n) is 4.89. The molecule has 174 valence electrons. The molecule has 0 fully saturated rings. The maximum atomic E-state index is 12.9. The van der Waals surface area contributed by atoms with Crippen molar-refractivity contribution in [2.24, 2.45) is 0 Å². The minimum atomic E-state index is -3.67. The zero-order valence-corrected chi connectivity index (χ0v) is 20.0. The minimum Gasteiger partial charge on any atom is -0.325 e. The number of nitrogens with zero attached hydrogens (tertiary/aromatic N) is 3. The Balaban J connectivity index is 2.12. The number of nitrogens with one attached hydrogen (secondary N) is 1. The van der Waals surface area contributed by atoms with Crippen molar-refractivity contribution in [1.82, 2.24) is 9.21 Å². The number of non-ortho nitro benzene ring substituents is 1. The monoisotopic (exact) mass is 482 g/mol. The summed E-state index contributed by atoms with van der Waals surface area (Å²) < 4.78 is 27.1. The van der Waals surface area contributed by atoms with Crippen LogP contribution in [-0.4, -0.2) is 55.1 Å². The quantitative estimate of drug-likeness (QED) is 0.408. The van der Waals surface area contributed by atoms with Gasteiger partial charge < -0.3 is 5.32 Å². The maximum absolute atomic E-state index is 12.9. The Hall–Kier alpha value is -2.53. The number of amides is 1. The molecule has 0 spiro atoms. The zero-order valence-electron chi connectivity index (χ0n) is 18.5. The number of benzene rings is 2. The molecule has 32 heavy (non-hydrogen) atoms. The van der Waals surface area contributed by atoms with Crippen molar-refractivity contribution in [1.29, 1.82) is 0 Å². The van der Waals surface area contributed by atoms with Gasteiger partial charge in [-0.2, -0.15) is 4.31 Å². The van der Waals surface area contributed by atoms with E-state index in [2.05, 4.69) is 5.32 Å². The number of hydrogen-bond donors (Lipinski definition) is 1. The summed E-state index contributed by atoms with van der Waals surface area (Å²) in [6, 6.07) is 8.90. The smallest absolute Gasteiger partial charge is 0.269 e. The van der Waals surface area contributed by atoms with E-state index < -0.39 is 14.9 Å². The van der Waals surface area contributed by atoms with Crippen LogP contribution in [0.3, 0.4) is 0 Å². The van der Waals surface area contributed by atoms with Gasteiger partial charge in [0, 0.05) is 42.5 Å². The number of rotatable bonds is 10.